The highest BCUT2D eigenvalue weighted by Gasteiger charge is 2.02. The molecule has 2 aromatic rings. The zero-order valence-electron chi connectivity index (χ0n) is 8.85. The van der Waals surface area contributed by atoms with E-state index < -0.39 is 0 Å². The van der Waals surface area contributed by atoms with Crippen molar-refractivity contribution in [1.82, 2.24) is 0 Å². The first kappa shape index (κ1) is 11.6. The fourth-order valence-corrected chi connectivity index (χ4v) is 1.89. The van der Waals surface area contributed by atoms with Crippen molar-refractivity contribution < 1.29 is 4.79 Å². The summed E-state index contributed by atoms with van der Waals surface area (Å²) in [6, 6.07) is 14.9. The molecular formula is C14H8BrNO. The molecule has 17 heavy (non-hydrogen) atoms. The topological polar surface area (TPSA) is 40.9 Å². The van der Waals surface area contributed by atoms with Crippen molar-refractivity contribution in [3.05, 3.63) is 58.1 Å². The second kappa shape index (κ2) is 4.94. The third kappa shape index (κ3) is 2.43. The van der Waals surface area contributed by atoms with Crippen molar-refractivity contribution in [3.63, 3.8) is 0 Å². The van der Waals surface area contributed by atoms with E-state index in [9.17, 15) is 4.79 Å². The summed E-state index contributed by atoms with van der Waals surface area (Å²) in [7, 11) is 0. The van der Waals surface area contributed by atoms with E-state index in [0.29, 0.717) is 11.1 Å². The van der Waals surface area contributed by atoms with Crippen LogP contribution in [0.25, 0.3) is 11.1 Å². The van der Waals surface area contributed by atoms with Crippen LogP contribution in [-0.4, -0.2) is 6.29 Å². The fraction of sp³-hybridized carbons (Fsp3) is 0. The molecule has 0 aliphatic heterocycles. The third-order valence-corrected chi connectivity index (χ3v) is 3.19. The molecular weight excluding hydrogens is 278 g/mol. The smallest absolute Gasteiger partial charge is 0.151 e. The fourth-order valence-electron chi connectivity index (χ4n) is 1.55. The molecule has 0 atom stereocenters. The second-order valence-corrected chi connectivity index (χ2v) is 4.40. The molecule has 2 nitrogen and oxygen atoms in total. The molecule has 2 aromatic carbocycles. The van der Waals surface area contributed by atoms with Gasteiger partial charge in [0.25, 0.3) is 0 Å². The molecule has 0 heterocycles. The lowest BCUT2D eigenvalue weighted by atomic mass is 10.0. The van der Waals surface area contributed by atoms with Gasteiger partial charge in [-0.05, 0) is 35.4 Å². The van der Waals surface area contributed by atoms with Gasteiger partial charge in [-0.15, -0.1) is 0 Å². The average Bonchev–Trinajstić information content (AvgIpc) is 2.39. The van der Waals surface area contributed by atoms with Gasteiger partial charge >= 0.3 is 0 Å². The summed E-state index contributed by atoms with van der Waals surface area (Å²) >= 11 is 3.31. The molecule has 0 spiro atoms. The molecule has 0 saturated heterocycles. The quantitative estimate of drug-likeness (QED) is 0.788. The number of carbonyl (C=O) groups excluding carboxylic acids is 1. The van der Waals surface area contributed by atoms with E-state index in [1.54, 1.807) is 12.1 Å². The highest BCUT2D eigenvalue weighted by molar-refractivity contribution is 9.10. The van der Waals surface area contributed by atoms with E-state index >= 15 is 0 Å². The summed E-state index contributed by atoms with van der Waals surface area (Å²) in [5, 5.41) is 8.72. The summed E-state index contributed by atoms with van der Waals surface area (Å²) < 4.78 is 0.782. The maximum Gasteiger partial charge on any atom is 0.151 e. The van der Waals surface area contributed by atoms with Crippen LogP contribution >= 0.6 is 15.9 Å². The molecule has 0 unspecified atom stereocenters. The number of hydrogen-bond donors (Lipinski definition) is 0. The number of nitrogens with zero attached hydrogens (tertiary/aromatic N) is 1. The van der Waals surface area contributed by atoms with Crippen LogP contribution in [0.5, 0.6) is 0 Å². The Labute approximate surface area is 108 Å². The molecule has 0 bridgehead atoms. The standard InChI is InChI=1S/C14H8BrNO/c15-14-6-5-12(7-13(14)9-17)11-3-1-10(8-16)2-4-11/h1-7,9H. The van der Waals surface area contributed by atoms with E-state index in [4.69, 9.17) is 5.26 Å². The molecule has 82 valence electrons. The minimum absolute atomic E-state index is 0.617. The SMILES string of the molecule is N#Cc1ccc(-c2ccc(Br)c(C=O)c2)cc1. The van der Waals surface area contributed by atoms with Crippen LogP contribution in [0.2, 0.25) is 0 Å². The third-order valence-electron chi connectivity index (χ3n) is 2.47. The Balaban J connectivity index is 2.46. The number of carbonyl (C=O) groups is 1. The van der Waals surface area contributed by atoms with Gasteiger partial charge in [0.1, 0.15) is 0 Å². The summed E-state index contributed by atoms with van der Waals surface area (Å²) in [6.45, 7) is 0. The first-order chi connectivity index (χ1) is 8.24. The van der Waals surface area contributed by atoms with Gasteiger partial charge in [0.2, 0.25) is 0 Å². The largest absolute Gasteiger partial charge is 0.298 e. The molecule has 0 aliphatic rings. The van der Waals surface area contributed by atoms with Crippen LogP contribution < -0.4 is 0 Å². The number of halogens is 1. The minimum atomic E-state index is 0.617. The number of nitriles is 1. The van der Waals surface area contributed by atoms with Crippen LogP contribution in [0.4, 0.5) is 0 Å². The van der Waals surface area contributed by atoms with Gasteiger partial charge in [-0.2, -0.15) is 5.26 Å². The van der Waals surface area contributed by atoms with E-state index in [-0.39, 0.29) is 0 Å². The summed E-state index contributed by atoms with van der Waals surface area (Å²) in [4.78, 5) is 10.8. The Hall–Kier alpha value is -1.92. The van der Waals surface area contributed by atoms with Crippen molar-refractivity contribution in [2.24, 2.45) is 0 Å². The van der Waals surface area contributed by atoms with Gasteiger partial charge in [-0.25, -0.2) is 0 Å². The summed E-state index contributed by atoms with van der Waals surface area (Å²) in [6.07, 6.45) is 0.817. The van der Waals surface area contributed by atoms with Gasteiger partial charge < -0.3 is 0 Å². The van der Waals surface area contributed by atoms with Crippen molar-refractivity contribution in [2.75, 3.05) is 0 Å². The zero-order valence-corrected chi connectivity index (χ0v) is 10.4. The minimum Gasteiger partial charge on any atom is -0.298 e. The van der Waals surface area contributed by atoms with Crippen LogP contribution in [0.15, 0.2) is 46.9 Å². The average molecular weight is 286 g/mol. The summed E-state index contributed by atoms with van der Waals surface area (Å²) in [5.74, 6) is 0. The zero-order chi connectivity index (χ0) is 12.3. The predicted molar refractivity (Wildman–Crippen MR) is 69.7 cm³/mol. The van der Waals surface area contributed by atoms with Gasteiger partial charge in [0.05, 0.1) is 11.6 Å². The lowest BCUT2D eigenvalue weighted by Crippen LogP contribution is -1.85. The van der Waals surface area contributed by atoms with Crippen LogP contribution in [0, 0.1) is 11.3 Å². The van der Waals surface area contributed by atoms with Crippen LogP contribution in [0.1, 0.15) is 15.9 Å². The molecule has 0 saturated carbocycles. The van der Waals surface area contributed by atoms with E-state index in [0.717, 1.165) is 21.9 Å². The Kier molecular flexibility index (Phi) is 3.36. The predicted octanol–water partition coefficient (Wildman–Crippen LogP) is 3.80. The lowest BCUT2D eigenvalue weighted by molar-refractivity contribution is 0.112. The highest BCUT2D eigenvalue weighted by Crippen LogP contribution is 2.24. The molecule has 0 aromatic heterocycles. The van der Waals surface area contributed by atoms with Gasteiger partial charge in [0.15, 0.2) is 6.29 Å². The molecule has 0 amide bonds. The maximum absolute atomic E-state index is 10.8. The lowest BCUT2D eigenvalue weighted by Gasteiger charge is -2.04. The first-order valence-corrected chi connectivity index (χ1v) is 5.79. The Morgan fingerprint density at radius 1 is 1.06 bits per heavy atom. The molecule has 0 fully saturated rings. The number of aldehydes is 1. The van der Waals surface area contributed by atoms with Crippen molar-refractivity contribution >= 4 is 22.2 Å². The number of hydrogen-bond acceptors (Lipinski definition) is 2. The van der Waals surface area contributed by atoms with Crippen molar-refractivity contribution in [3.8, 4) is 17.2 Å². The normalized spacial score (nSPS) is 9.65. The maximum atomic E-state index is 10.8. The second-order valence-electron chi connectivity index (χ2n) is 3.54. The Morgan fingerprint density at radius 3 is 2.29 bits per heavy atom. The number of rotatable bonds is 2. The monoisotopic (exact) mass is 285 g/mol. The van der Waals surface area contributed by atoms with E-state index in [1.807, 2.05) is 30.3 Å². The van der Waals surface area contributed by atoms with Crippen LogP contribution in [0.3, 0.4) is 0 Å². The first-order valence-electron chi connectivity index (χ1n) is 5.00. The highest BCUT2D eigenvalue weighted by atomic mass is 79.9. The Bertz CT molecular complexity index is 597. The summed E-state index contributed by atoms with van der Waals surface area (Å²) in [5.41, 5.74) is 3.19. The molecule has 0 N–H and O–H groups in total. The van der Waals surface area contributed by atoms with Gasteiger partial charge in [-0.3, -0.25) is 4.79 Å². The molecule has 0 radical (unpaired) electrons. The van der Waals surface area contributed by atoms with E-state index in [2.05, 4.69) is 22.0 Å². The molecule has 3 heteroatoms. The Morgan fingerprint density at radius 2 is 1.71 bits per heavy atom. The number of benzene rings is 2. The van der Waals surface area contributed by atoms with Crippen LogP contribution in [-0.2, 0) is 0 Å². The van der Waals surface area contributed by atoms with E-state index in [1.165, 1.54) is 0 Å². The molecule has 2 rings (SSSR count). The molecule has 0 aliphatic carbocycles. The van der Waals surface area contributed by atoms with Crippen molar-refractivity contribution in [1.29, 1.82) is 5.26 Å². The van der Waals surface area contributed by atoms with Crippen molar-refractivity contribution in [2.45, 2.75) is 0 Å². The van der Waals surface area contributed by atoms with Gasteiger partial charge in [0, 0.05) is 10.0 Å². The van der Waals surface area contributed by atoms with Gasteiger partial charge in [-0.1, -0.05) is 34.1 Å².